The van der Waals surface area contributed by atoms with Gasteiger partial charge in [-0.2, -0.15) is 0 Å². The second-order valence-electron chi connectivity index (χ2n) is 3.97. The highest BCUT2D eigenvalue weighted by atomic mass is 35.5. The monoisotopic (exact) mass is 224 g/mol. The molecular formula is C11H10ClFN2. The van der Waals surface area contributed by atoms with Crippen LogP contribution in [0.3, 0.4) is 0 Å². The lowest BCUT2D eigenvalue weighted by atomic mass is 9.93. The van der Waals surface area contributed by atoms with Crippen LogP contribution in [0.1, 0.15) is 25.3 Å². The van der Waals surface area contributed by atoms with Gasteiger partial charge in [0.1, 0.15) is 5.82 Å². The number of benzene rings is 1. The van der Waals surface area contributed by atoms with Crippen LogP contribution < -0.4 is 0 Å². The molecule has 0 saturated heterocycles. The molecule has 1 heterocycles. The Balaban J connectivity index is 2.25. The summed E-state index contributed by atoms with van der Waals surface area (Å²) in [6.45, 7) is 0. The summed E-state index contributed by atoms with van der Waals surface area (Å²) in [5.41, 5.74) is 1.58. The smallest absolute Gasteiger partial charge is 0.204 e. The molecular weight excluding hydrogens is 215 g/mol. The van der Waals surface area contributed by atoms with Gasteiger partial charge in [-0.3, -0.25) is 0 Å². The number of nitrogens with zero attached hydrogens (tertiary/aromatic N) is 2. The molecule has 4 heteroatoms. The highest BCUT2D eigenvalue weighted by Gasteiger charge is 2.23. The molecule has 0 unspecified atom stereocenters. The molecule has 0 bridgehead atoms. The zero-order chi connectivity index (χ0) is 10.4. The first-order valence-electron chi connectivity index (χ1n) is 5.09. The van der Waals surface area contributed by atoms with Gasteiger partial charge in [-0.25, -0.2) is 9.37 Å². The van der Waals surface area contributed by atoms with Crippen molar-refractivity contribution in [2.24, 2.45) is 0 Å². The predicted molar refractivity (Wildman–Crippen MR) is 57.6 cm³/mol. The fourth-order valence-electron chi connectivity index (χ4n) is 2.03. The second kappa shape index (κ2) is 3.20. The van der Waals surface area contributed by atoms with Crippen molar-refractivity contribution in [1.29, 1.82) is 0 Å². The van der Waals surface area contributed by atoms with E-state index in [-0.39, 0.29) is 5.82 Å². The van der Waals surface area contributed by atoms with Gasteiger partial charge in [-0.15, -0.1) is 0 Å². The summed E-state index contributed by atoms with van der Waals surface area (Å²) >= 11 is 6.06. The Morgan fingerprint density at radius 1 is 1.40 bits per heavy atom. The van der Waals surface area contributed by atoms with Crippen LogP contribution in [0.5, 0.6) is 0 Å². The van der Waals surface area contributed by atoms with Gasteiger partial charge in [0, 0.05) is 6.04 Å². The molecule has 1 saturated carbocycles. The summed E-state index contributed by atoms with van der Waals surface area (Å²) in [6.07, 6.45) is 3.44. The summed E-state index contributed by atoms with van der Waals surface area (Å²) in [5.74, 6) is -0.236. The van der Waals surface area contributed by atoms with Crippen LogP contribution in [0.15, 0.2) is 18.2 Å². The molecule has 0 atom stereocenters. The molecule has 0 amide bonds. The van der Waals surface area contributed by atoms with Crippen molar-refractivity contribution in [3.63, 3.8) is 0 Å². The molecule has 0 spiro atoms. The molecule has 2 nitrogen and oxygen atoms in total. The zero-order valence-corrected chi connectivity index (χ0v) is 8.84. The maximum Gasteiger partial charge on any atom is 0.204 e. The molecule has 0 aliphatic heterocycles. The molecule has 1 aromatic heterocycles. The van der Waals surface area contributed by atoms with Crippen LogP contribution in [-0.4, -0.2) is 9.55 Å². The van der Waals surface area contributed by atoms with Gasteiger partial charge in [0.2, 0.25) is 5.28 Å². The Kier molecular flexibility index (Phi) is 1.96. The first-order chi connectivity index (χ1) is 7.25. The van der Waals surface area contributed by atoms with Gasteiger partial charge in [0.25, 0.3) is 0 Å². The van der Waals surface area contributed by atoms with Crippen molar-refractivity contribution in [1.82, 2.24) is 9.55 Å². The highest BCUT2D eigenvalue weighted by molar-refractivity contribution is 6.29. The fraction of sp³-hybridized carbons (Fsp3) is 0.364. The SMILES string of the molecule is Fc1ccc2nc(Cl)n(C3CCC3)c2c1. The lowest BCUT2D eigenvalue weighted by Crippen LogP contribution is -2.16. The van der Waals surface area contributed by atoms with E-state index in [2.05, 4.69) is 4.98 Å². The first-order valence-corrected chi connectivity index (χ1v) is 5.46. The van der Waals surface area contributed by atoms with E-state index in [1.165, 1.54) is 18.6 Å². The standard InChI is InChI=1S/C11H10ClFN2/c12-11-14-9-5-4-7(13)6-10(9)15(11)8-2-1-3-8/h4-6,8H,1-3H2. The number of rotatable bonds is 1. The number of halogens is 2. The second-order valence-corrected chi connectivity index (χ2v) is 4.31. The summed E-state index contributed by atoms with van der Waals surface area (Å²) in [7, 11) is 0. The quantitative estimate of drug-likeness (QED) is 0.724. The molecule has 78 valence electrons. The topological polar surface area (TPSA) is 17.8 Å². The largest absolute Gasteiger partial charge is 0.311 e. The normalized spacial score (nSPS) is 16.9. The maximum absolute atomic E-state index is 13.1. The maximum atomic E-state index is 13.1. The highest BCUT2D eigenvalue weighted by Crippen LogP contribution is 2.36. The van der Waals surface area contributed by atoms with E-state index in [4.69, 9.17) is 11.6 Å². The number of hydrogen-bond acceptors (Lipinski definition) is 1. The summed E-state index contributed by atoms with van der Waals surface area (Å²) in [5, 5.41) is 0.473. The van der Waals surface area contributed by atoms with Crippen LogP contribution >= 0.6 is 11.6 Å². The summed E-state index contributed by atoms with van der Waals surface area (Å²) < 4.78 is 15.1. The third-order valence-corrected chi connectivity index (χ3v) is 3.31. The molecule has 2 aromatic rings. The van der Waals surface area contributed by atoms with Crippen molar-refractivity contribution >= 4 is 22.6 Å². The molecule has 1 aliphatic carbocycles. The minimum Gasteiger partial charge on any atom is -0.311 e. The van der Waals surface area contributed by atoms with Gasteiger partial charge >= 0.3 is 0 Å². The van der Waals surface area contributed by atoms with E-state index in [0.717, 1.165) is 23.9 Å². The molecule has 0 radical (unpaired) electrons. The lowest BCUT2D eigenvalue weighted by molar-refractivity contribution is 0.320. The fourth-order valence-corrected chi connectivity index (χ4v) is 2.35. The van der Waals surface area contributed by atoms with E-state index in [9.17, 15) is 4.39 Å². The van der Waals surface area contributed by atoms with Crippen molar-refractivity contribution in [3.8, 4) is 0 Å². The Morgan fingerprint density at radius 2 is 2.20 bits per heavy atom. The van der Waals surface area contributed by atoms with Crippen molar-refractivity contribution in [2.45, 2.75) is 25.3 Å². The Labute approximate surface area is 91.7 Å². The summed E-state index contributed by atoms with van der Waals surface area (Å²) in [6, 6.07) is 5.00. The van der Waals surface area contributed by atoms with Gasteiger partial charge in [0.15, 0.2) is 0 Å². The zero-order valence-electron chi connectivity index (χ0n) is 8.08. The molecule has 0 N–H and O–H groups in total. The minimum atomic E-state index is -0.236. The Morgan fingerprint density at radius 3 is 2.87 bits per heavy atom. The molecule has 1 fully saturated rings. The van der Waals surface area contributed by atoms with Crippen LogP contribution in [0.4, 0.5) is 4.39 Å². The third-order valence-electron chi connectivity index (χ3n) is 3.05. The van der Waals surface area contributed by atoms with Gasteiger partial charge in [-0.05, 0) is 49.1 Å². The van der Waals surface area contributed by atoms with Crippen LogP contribution in [-0.2, 0) is 0 Å². The van der Waals surface area contributed by atoms with Gasteiger partial charge in [-0.1, -0.05) is 0 Å². The number of imidazole rings is 1. The molecule has 1 aliphatic rings. The van der Waals surface area contributed by atoms with Gasteiger partial charge < -0.3 is 4.57 Å². The Bertz CT molecular complexity index is 517. The van der Waals surface area contributed by atoms with E-state index in [1.54, 1.807) is 6.07 Å². The average molecular weight is 225 g/mol. The number of hydrogen-bond donors (Lipinski definition) is 0. The van der Waals surface area contributed by atoms with Crippen LogP contribution in [0, 0.1) is 5.82 Å². The van der Waals surface area contributed by atoms with E-state index in [0.29, 0.717) is 11.3 Å². The third kappa shape index (κ3) is 1.34. The summed E-state index contributed by atoms with van der Waals surface area (Å²) in [4.78, 5) is 4.22. The van der Waals surface area contributed by atoms with Crippen molar-refractivity contribution < 1.29 is 4.39 Å². The Hall–Kier alpha value is -1.09. The molecule has 3 rings (SSSR count). The van der Waals surface area contributed by atoms with Crippen molar-refractivity contribution in [3.05, 3.63) is 29.3 Å². The van der Waals surface area contributed by atoms with E-state index < -0.39 is 0 Å². The number of fused-ring (bicyclic) bond motifs is 1. The molecule has 1 aromatic carbocycles. The van der Waals surface area contributed by atoms with E-state index in [1.807, 2.05) is 4.57 Å². The molecule has 15 heavy (non-hydrogen) atoms. The predicted octanol–water partition coefficient (Wildman–Crippen LogP) is 3.55. The minimum absolute atomic E-state index is 0.236. The van der Waals surface area contributed by atoms with Crippen LogP contribution in [0.2, 0.25) is 5.28 Å². The van der Waals surface area contributed by atoms with Gasteiger partial charge in [0.05, 0.1) is 11.0 Å². The number of aromatic nitrogens is 2. The first kappa shape index (κ1) is 9.16. The lowest BCUT2D eigenvalue weighted by Gasteiger charge is -2.27. The van der Waals surface area contributed by atoms with E-state index >= 15 is 0 Å². The average Bonchev–Trinajstić information content (AvgIpc) is 2.42. The van der Waals surface area contributed by atoms with Crippen molar-refractivity contribution in [2.75, 3.05) is 0 Å². The van der Waals surface area contributed by atoms with Crippen LogP contribution in [0.25, 0.3) is 11.0 Å².